The first-order valence-corrected chi connectivity index (χ1v) is 11.5. The smallest absolute Gasteiger partial charge is 0.230 e. The highest BCUT2D eigenvalue weighted by molar-refractivity contribution is 7.99. The van der Waals surface area contributed by atoms with Crippen molar-refractivity contribution in [2.75, 3.05) is 5.75 Å². The third-order valence-electron chi connectivity index (χ3n) is 5.52. The highest BCUT2D eigenvalue weighted by atomic mass is 32.2. The van der Waals surface area contributed by atoms with Crippen LogP contribution in [-0.2, 0) is 24.9 Å². The summed E-state index contributed by atoms with van der Waals surface area (Å²) in [6, 6.07) is 20.4. The number of nitrogens with zero attached hydrogens (tertiary/aromatic N) is 4. The van der Waals surface area contributed by atoms with E-state index in [0.717, 1.165) is 39.9 Å². The number of nitrogens with one attached hydrogen (secondary N) is 1. The van der Waals surface area contributed by atoms with E-state index in [4.69, 9.17) is 0 Å². The molecule has 1 amide bonds. The molecule has 0 spiro atoms. The van der Waals surface area contributed by atoms with E-state index in [9.17, 15) is 4.79 Å². The number of aryl methyl sites for hydroxylation is 1. The van der Waals surface area contributed by atoms with Crippen LogP contribution in [0.3, 0.4) is 0 Å². The lowest BCUT2D eigenvalue weighted by molar-refractivity contribution is -0.118. The van der Waals surface area contributed by atoms with Crippen molar-refractivity contribution in [2.24, 2.45) is 7.05 Å². The third kappa shape index (κ3) is 4.94. The molecule has 2 heterocycles. The molecule has 0 fully saturated rings. The van der Waals surface area contributed by atoms with E-state index in [-0.39, 0.29) is 5.91 Å². The van der Waals surface area contributed by atoms with Crippen LogP contribution in [0.2, 0.25) is 0 Å². The fraction of sp³-hybridized carbons (Fsp3) is 0.240. The van der Waals surface area contributed by atoms with Crippen LogP contribution in [0.5, 0.6) is 0 Å². The van der Waals surface area contributed by atoms with Crippen LogP contribution in [0, 0.1) is 13.8 Å². The average Bonchev–Trinajstić information content (AvgIpc) is 3.30. The van der Waals surface area contributed by atoms with Crippen LogP contribution < -0.4 is 5.32 Å². The number of carbonyl (C=O) groups is 1. The van der Waals surface area contributed by atoms with Gasteiger partial charge in [0.1, 0.15) is 0 Å². The highest BCUT2D eigenvalue weighted by Gasteiger charge is 2.14. The SMILES string of the molecule is Cc1nn(Cc2ccccc2)c(C)c1CNC(=O)CSc1ncc(-c2ccccc2)n1C. The molecule has 0 atom stereocenters. The Hall–Kier alpha value is -3.32. The first-order valence-electron chi connectivity index (χ1n) is 10.6. The molecule has 0 radical (unpaired) electrons. The minimum atomic E-state index is -0.0196. The van der Waals surface area contributed by atoms with Gasteiger partial charge in [-0.25, -0.2) is 4.98 Å². The van der Waals surface area contributed by atoms with Crippen molar-refractivity contribution < 1.29 is 4.79 Å². The van der Waals surface area contributed by atoms with E-state index < -0.39 is 0 Å². The Balaban J connectivity index is 1.34. The monoisotopic (exact) mass is 445 g/mol. The number of amides is 1. The van der Waals surface area contributed by atoms with Gasteiger partial charge in [0.25, 0.3) is 0 Å². The van der Waals surface area contributed by atoms with Gasteiger partial charge >= 0.3 is 0 Å². The van der Waals surface area contributed by atoms with Crippen molar-refractivity contribution in [1.29, 1.82) is 0 Å². The van der Waals surface area contributed by atoms with Gasteiger partial charge in [-0.2, -0.15) is 5.10 Å². The topological polar surface area (TPSA) is 64.7 Å². The molecular weight excluding hydrogens is 418 g/mol. The van der Waals surface area contributed by atoms with Crippen molar-refractivity contribution in [3.8, 4) is 11.3 Å². The maximum Gasteiger partial charge on any atom is 0.230 e. The fourth-order valence-electron chi connectivity index (χ4n) is 3.67. The second-order valence-electron chi connectivity index (χ2n) is 7.71. The maximum atomic E-state index is 12.5. The van der Waals surface area contributed by atoms with E-state index in [0.29, 0.717) is 12.3 Å². The summed E-state index contributed by atoms with van der Waals surface area (Å²) in [6.07, 6.45) is 1.85. The van der Waals surface area contributed by atoms with Gasteiger partial charge in [-0.1, -0.05) is 72.4 Å². The highest BCUT2D eigenvalue weighted by Crippen LogP contribution is 2.24. The fourth-order valence-corrected chi connectivity index (χ4v) is 4.45. The number of benzene rings is 2. The Kier molecular flexibility index (Phi) is 6.75. The lowest BCUT2D eigenvalue weighted by Gasteiger charge is -2.08. The summed E-state index contributed by atoms with van der Waals surface area (Å²) in [7, 11) is 1.98. The molecule has 2 aromatic heterocycles. The van der Waals surface area contributed by atoms with Crippen LogP contribution in [0.1, 0.15) is 22.5 Å². The van der Waals surface area contributed by atoms with Gasteiger partial charge in [-0.3, -0.25) is 9.48 Å². The molecule has 7 heteroatoms. The zero-order valence-electron chi connectivity index (χ0n) is 18.6. The Morgan fingerprint density at radius 1 is 1.03 bits per heavy atom. The molecule has 6 nitrogen and oxygen atoms in total. The van der Waals surface area contributed by atoms with E-state index in [1.54, 1.807) is 0 Å². The minimum Gasteiger partial charge on any atom is -0.351 e. The van der Waals surface area contributed by atoms with Crippen LogP contribution in [-0.4, -0.2) is 31.0 Å². The van der Waals surface area contributed by atoms with Crippen LogP contribution in [0.4, 0.5) is 0 Å². The molecule has 4 rings (SSSR count). The van der Waals surface area contributed by atoms with Crippen LogP contribution in [0.25, 0.3) is 11.3 Å². The first kappa shape index (κ1) is 21.9. The standard InChI is InChI=1S/C25H27N5OS/c1-18-22(19(2)30(28-18)16-20-10-6-4-7-11-20)14-26-24(31)17-32-25-27-15-23(29(25)3)21-12-8-5-9-13-21/h4-13,15H,14,16-17H2,1-3H3,(H,26,31). The second-order valence-corrected chi connectivity index (χ2v) is 8.65. The van der Waals surface area contributed by atoms with E-state index >= 15 is 0 Å². The number of hydrogen-bond acceptors (Lipinski definition) is 4. The van der Waals surface area contributed by atoms with Gasteiger partial charge in [0.2, 0.25) is 5.91 Å². The normalized spacial score (nSPS) is 11.0. The molecule has 0 unspecified atom stereocenters. The van der Waals surface area contributed by atoms with Gasteiger partial charge in [0, 0.05) is 24.8 Å². The molecule has 0 saturated carbocycles. The molecule has 4 aromatic rings. The lowest BCUT2D eigenvalue weighted by atomic mass is 10.2. The van der Waals surface area contributed by atoms with Crippen LogP contribution in [0.15, 0.2) is 72.0 Å². The Labute approximate surface area is 192 Å². The third-order valence-corrected chi connectivity index (χ3v) is 6.56. The van der Waals surface area contributed by atoms with Gasteiger partial charge in [-0.15, -0.1) is 0 Å². The minimum absolute atomic E-state index is 0.0196. The predicted octanol–water partition coefficient (Wildman–Crippen LogP) is 4.36. The number of hydrogen-bond donors (Lipinski definition) is 1. The zero-order valence-corrected chi connectivity index (χ0v) is 19.4. The van der Waals surface area contributed by atoms with Gasteiger partial charge in [0.05, 0.1) is 29.9 Å². The number of aromatic nitrogens is 4. The number of imidazole rings is 1. The van der Waals surface area contributed by atoms with Crippen molar-refractivity contribution in [1.82, 2.24) is 24.6 Å². The lowest BCUT2D eigenvalue weighted by Crippen LogP contribution is -2.25. The summed E-state index contributed by atoms with van der Waals surface area (Å²) < 4.78 is 4.02. The van der Waals surface area contributed by atoms with E-state index in [1.165, 1.54) is 17.3 Å². The largest absolute Gasteiger partial charge is 0.351 e. The molecular formula is C25H27N5OS. The summed E-state index contributed by atoms with van der Waals surface area (Å²) in [6.45, 7) is 5.24. The predicted molar refractivity (Wildman–Crippen MR) is 128 cm³/mol. The second kappa shape index (κ2) is 9.87. The molecule has 2 aromatic carbocycles. The summed E-state index contributed by atoms with van der Waals surface area (Å²) >= 11 is 1.44. The van der Waals surface area contributed by atoms with Crippen molar-refractivity contribution in [2.45, 2.75) is 32.1 Å². The molecule has 0 saturated heterocycles. The molecule has 0 bridgehead atoms. The number of thioether (sulfide) groups is 1. The Morgan fingerprint density at radius 2 is 1.72 bits per heavy atom. The van der Waals surface area contributed by atoms with Gasteiger partial charge in [0.15, 0.2) is 5.16 Å². The van der Waals surface area contributed by atoms with Gasteiger partial charge < -0.3 is 9.88 Å². The summed E-state index contributed by atoms with van der Waals surface area (Å²) in [5, 5.41) is 8.52. The summed E-state index contributed by atoms with van der Waals surface area (Å²) in [5.41, 5.74) is 6.44. The van der Waals surface area contributed by atoms with E-state index in [2.05, 4.69) is 46.6 Å². The Bertz CT molecular complexity index is 1200. The Morgan fingerprint density at radius 3 is 2.44 bits per heavy atom. The molecule has 0 aliphatic rings. The van der Waals surface area contributed by atoms with Crippen molar-refractivity contribution in [3.05, 3.63) is 89.4 Å². The maximum absolute atomic E-state index is 12.5. The summed E-state index contributed by atoms with van der Waals surface area (Å²) in [4.78, 5) is 17.0. The molecule has 32 heavy (non-hydrogen) atoms. The molecule has 1 N–H and O–H groups in total. The number of carbonyl (C=O) groups excluding carboxylic acids is 1. The van der Waals surface area contributed by atoms with Crippen LogP contribution >= 0.6 is 11.8 Å². The first-order chi connectivity index (χ1) is 15.5. The van der Waals surface area contributed by atoms with Crippen molar-refractivity contribution >= 4 is 17.7 Å². The zero-order chi connectivity index (χ0) is 22.5. The molecule has 0 aliphatic heterocycles. The molecule has 0 aliphatic carbocycles. The quantitative estimate of drug-likeness (QED) is 0.410. The average molecular weight is 446 g/mol. The van der Waals surface area contributed by atoms with Gasteiger partial charge in [-0.05, 0) is 25.0 Å². The summed E-state index contributed by atoms with van der Waals surface area (Å²) in [5.74, 6) is 0.295. The molecule has 164 valence electrons. The number of rotatable bonds is 8. The van der Waals surface area contributed by atoms with E-state index in [1.807, 2.05) is 65.8 Å². The van der Waals surface area contributed by atoms with Crippen molar-refractivity contribution in [3.63, 3.8) is 0 Å².